The third-order valence-electron chi connectivity index (χ3n) is 2.30. The van der Waals surface area contributed by atoms with Gasteiger partial charge in [0, 0.05) is 19.3 Å². The van der Waals surface area contributed by atoms with Gasteiger partial charge in [0.15, 0.2) is 0 Å². The van der Waals surface area contributed by atoms with Crippen LogP contribution in [-0.2, 0) is 10.0 Å². The summed E-state index contributed by atoms with van der Waals surface area (Å²) in [6.07, 6.45) is 1.81. The first-order valence-corrected chi connectivity index (χ1v) is 7.27. The predicted molar refractivity (Wildman–Crippen MR) is 69.8 cm³/mol. The van der Waals surface area contributed by atoms with Gasteiger partial charge < -0.3 is 10.8 Å². The van der Waals surface area contributed by atoms with E-state index in [0.717, 1.165) is 6.20 Å². The molecule has 0 spiro atoms. The quantitative estimate of drug-likeness (QED) is 0.805. The van der Waals surface area contributed by atoms with E-state index in [1.54, 1.807) is 0 Å². The van der Waals surface area contributed by atoms with Crippen LogP contribution in [0.4, 0.5) is 5.82 Å². The highest BCUT2D eigenvalue weighted by Gasteiger charge is 2.24. The third-order valence-corrected chi connectivity index (χ3v) is 4.47. The zero-order valence-corrected chi connectivity index (χ0v) is 11.6. The van der Waals surface area contributed by atoms with Crippen LogP contribution >= 0.6 is 11.6 Å². The van der Waals surface area contributed by atoms with Crippen molar-refractivity contribution in [2.75, 3.05) is 25.4 Å². The van der Waals surface area contributed by atoms with Gasteiger partial charge in [-0.05, 0) is 12.5 Å². The molecule has 6 nitrogen and oxygen atoms in total. The molecule has 0 aliphatic carbocycles. The van der Waals surface area contributed by atoms with Gasteiger partial charge in [-0.3, -0.25) is 0 Å². The van der Waals surface area contributed by atoms with Crippen molar-refractivity contribution in [3.63, 3.8) is 0 Å². The maximum Gasteiger partial charge on any atom is 0.244 e. The predicted octanol–water partition coefficient (Wildman–Crippen LogP) is 0.710. The van der Waals surface area contributed by atoms with Crippen molar-refractivity contribution < 1.29 is 13.5 Å². The highest BCUT2D eigenvalue weighted by Crippen LogP contribution is 2.22. The molecule has 0 amide bonds. The largest absolute Gasteiger partial charge is 0.395 e. The summed E-state index contributed by atoms with van der Waals surface area (Å²) in [5, 5.41) is 9.00. The maximum atomic E-state index is 12.3. The monoisotopic (exact) mass is 293 g/mol. The van der Waals surface area contributed by atoms with Crippen LogP contribution in [0.1, 0.15) is 13.3 Å². The third kappa shape index (κ3) is 3.32. The Balaban J connectivity index is 3.13. The summed E-state index contributed by atoms with van der Waals surface area (Å²) in [6, 6.07) is 1.26. The Hall–Kier alpha value is -0.890. The Bertz CT molecular complexity index is 501. The zero-order chi connectivity index (χ0) is 13.8. The molecule has 0 aromatic carbocycles. The number of nitrogen functional groups attached to an aromatic ring is 1. The first kappa shape index (κ1) is 15.2. The number of pyridine rings is 1. The summed E-state index contributed by atoms with van der Waals surface area (Å²) in [4.78, 5) is 3.70. The molecular weight excluding hydrogens is 278 g/mol. The molecule has 0 radical (unpaired) electrons. The summed E-state index contributed by atoms with van der Waals surface area (Å²) < 4.78 is 25.7. The van der Waals surface area contributed by atoms with Crippen LogP contribution in [0.25, 0.3) is 0 Å². The van der Waals surface area contributed by atoms with Gasteiger partial charge in [-0.25, -0.2) is 13.4 Å². The van der Waals surface area contributed by atoms with E-state index in [1.165, 1.54) is 10.4 Å². The normalized spacial score (nSPS) is 12.0. The molecule has 1 rings (SSSR count). The number of sulfonamides is 1. The number of halogens is 1. The number of anilines is 1. The molecule has 102 valence electrons. The summed E-state index contributed by atoms with van der Waals surface area (Å²) in [5.74, 6) is 0.0832. The van der Waals surface area contributed by atoms with Crippen molar-refractivity contribution in [3.05, 3.63) is 17.3 Å². The Morgan fingerprint density at radius 2 is 2.17 bits per heavy atom. The highest BCUT2D eigenvalue weighted by molar-refractivity contribution is 7.89. The van der Waals surface area contributed by atoms with E-state index >= 15 is 0 Å². The molecule has 0 saturated carbocycles. The van der Waals surface area contributed by atoms with Gasteiger partial charge in [-0.1, -0.05) is 18.5 Å². The topological polar surface area (TPSA) is 96.5 Å². The van der Waals surface area contributed by atoms with Gasteiger partial charge in [-0.15, -0.1) is 0 Å². The van der Waals surface area contributed by atoms with Gasteiger partial charge in [0.2, 0.25) is 10.0 Å². The fourth-order valence-corrected chi connectivity index (χ4v) is 3.16. The average molecular weight is 294 g/mol. The van der Waals surface area contributed by atoms with E-state index in [-0.39, 0.29) is 28.9 Å². The van der Waals surface area contributed by atoms with Crippen molar-refractivity contribution in [1.82, 2.24) is 9.29 Å². The lowest BCUT2D eigenvalue weighted by atomic mass is 10.5. The molecule has 1 aromatic rings. The molecule has 18 heavy (non-hydrogen) atoms. The number of aliphatic hydroxyl groups is 1. The number of nitrogens with two attached hydrogens (primary N) is 1. The summed E-state index contributed by atoms with van der Waals surface area (Å²) in [5.41, 5.74) is 5.43. The second kappa shape index (κ2) is 6.33. The molecule has 3 N–H and O–H groups in total. The van der Waals surface area contributed by atoms with Crippen LogP contribution in [0.2, 0.25) is 5.02 Å². The standard InChI is InChI=1S/C10H16ClN3O3S/c1-2-3-14(4-5-15)18(16,17)8-6-9(11)10(12)13-7-8/h6-7,15H,2-5H2,1H3,(H2,12,13). The molecule has 0 bridgehead atoms. The number of nitrogens with zero attached hydrogens (tertiary/aromatic N) is 2. The number of hydrogen-bond acceptors (Lipinski definition) is 5. The molecule has 0 aliphatic heterocycles. The van der Waals surface area contributed by atoms with Crippen molar-refractivity contribution >= 4 is 27.4 Å². The second-order valence-corrected chi connectivity index (χ2v) is 6.01. The molecule has 0 fully saturated rings. The molecule has 0 unspecified atom stereocenters. The van der Waals surface area contributed by atoms with Crippen LogP contribution in [0.3, 0.4) is 0 Å². The Morgan fingerprint density at radius 3 is 2.67 bits per heavy atom. The molecule has 1 heterocycles. The van der Waals surface area contributed by atoms with Crippen molar-refractivity contribution in [2.45, 2.75) is 18.2 Å². The molecule has 8 heteroatoms. The maximum absolute atomic E-state index is 12.3. The zero-order valence-electron chi connectivity index (χ0n) is 10.0. The smallest absolute Gasteiger partial charge is 0.244 e. The summed E-state index contributed by atoms with van der Waals surface area (Å²) >= 11 is 5.76. The van der Waals surface area contributed by atoms with Crippen molar-refractivity contribution in [3.8, 4) is 0 Å². The minimum Gasteiger partial charge on any atom is -0.395 e. The lowest BCUT2D eigenvalue weighted by Crippen LogP contribution is -2.34. The number of hydrogen-bond donors (Lipinski definition) is 2. The van der Waals surface area contributed by atoms with Gasteiger partial charge in [-0.2, -0.15) is 4.31 Å². The van der Waals surface area contributed by atoms with E-state index in [4.69, 9.17) is 22.4 Å². The lowest BCUT2D eigenvalue weighted by Gasteiger charge is -2.20. The van der Waals surface area contributed by atoms with Crippen LogP contribution in [0, 0.1) is 0 Å². The van der Waals surface area contributed by atoms with E-state index in [0.29, 0.717) is 13.0 Å². The Labute approximate surface area is 111 Å². The van der Waals surface area contributed by atoms with Crippen LogP contribution in [0.15, 0.2) is 17.2 Å². The number of aromatic nitrogens is 1. The van der Waals surface area contributed by atoms with Crippen molar-refractivity contribution in [1.29, 1.82) is 0 Å². The van der Waals surface area contributed by atoms with E-state index in [9.17, 15) is 8.42 Å². The average Bonchev–Trinajstić information content (AvgIpc) is 2.32. The fourth-order valence-electron chi connectivity index (χ4n) is 1.43. The number of aliphatic hydroxyl groups excluding tert-OH is 1. The SMILES string of the molecule is CCCN(CCO)S(=O)(=O)c1cnc(N)c(Cl)c1. The minimum absolute atomic E-state index is 0.0244. The van der Waals surface area contributed by atoms with Gasteiger partial charge in [0.1, 0.15) is 10.7 Å². The van der Waals surface area contributed by atoms with Gasteiger partial charge >= 0.3 is 0 Å². The fraction of sp³-hybridized carbons (Fsp3) is 0.500. The van der Waals surface area contributed by atoms with E-state index < -0.39 is 10.0 Å². The van der Waals surface area contributed by atoms with E-state index in [2.05, 4.69) is 4.98 Å². The van der Waals surface area contributed by atoms with Gasteiger partial charge in [0.05, 0.1) is 11.6 Å². The van der Waals surface area contributed by atoms with Gasteiger partial charge in [0.25, 0.3) is 0 Å². The van der Waals surface area contributed by atoms with Crippen LogP contribution in [-0.4, -0.2) is 42.5 Å². The highest BCUT2D eigenvalue weighted by atomic mass is 35.5. The molecular formula is C10H16ClN3O3S. The first-order valence-electron chi connectivity index (χ1n) is 5.45. The lowest BCUT2D eigenvalue weighted by molar-refractivity contribution is 0.253. The van der Waals surface area contributed by atoms with Crippen molar-refractivity contribution in [2.24, 2.45) is 0 Å². The van der Waals surface area contributed by atoms with Crippen LogP contribution < -0.4 is 5.73 Å². The minimum atomic E-state index is -3.69. The second-order valence-electron chi connectivity index (χ2n) is 3.67. The summed E-state index contributed by atoms with van der Waals surface area (Å²) in [7, 11) is -3.69. The van der Waals surface area contributed by atoms with Crippen LogP contribution in [0.5, 0.6) is 0 Å². The summed E-state index contributed by atoms with van der Waals surface area (Å²) in [6.45, 7) is 1.98. The molecule has 0 saturated heterocycles. The van der Waals surface area contributed by atoms with E-state index in [1.807, 2.05) is 6.92 Å². The molecule has 0 aliphatic rings. The Kier molecular flexibility index (Phi) is 5.33. The molecule has 1 aromatic heterocycles. The first-order chi connectivity index (χ1) is 8.43. The number of rotatable bonds is 6. The Morgan fingerprint density at radius 1 is 1.50 bits per heavy atom. The molecule has 0 atom stereocenters.